The number of hydrogen-bond acceptors (Lipinski definition) is 1. The maximum Gasteiger partial charge on any atom is 0.141 e. The van der Waals surface area contributed by atoms with Gasteiger partial charge in [0.1, 0.15) is 5.82 Å². The highest BCUT2D eigenvalue weighted by Crippen LogP contribution is 2.39. The second-order valence-corrected chi connectivity index (χ2v) is 7.42. The molecule has 0 amide bonds. The van der Waals surface area contributed by atoms with Crippen molar-refractivity contribution in [3.8, 4) is 0 Å². The molecule has 2 rings (SSSR count). The molecule has 0 aromatic heterocycles. The predicted molar refractivity (Wildman–Crippen MR) is 88.3 cm³/mol. The summed E-state index contributed by atoms with van der Waals surface area (Å²) < 4.78 is 13.3. The Morgan fingerprint density at radius 1 is 1.24 bits per heavy atom. The van der Waals surface area contributed by atoms with Crippen LogP contribution in [0.5, 0.6) is 0 Å². The molecular formula is C18H27ClFN. The molecule has 0 radical (unpaired) electrons. The molecule has 0 aliphatic heterocycles. The zero-order valence-corrected chi connectivity index (χ0v) is 14.0. The first kappa shape index (κ1) is 16.8. The Balaban J connectivity index is 2.05. The van der Waals surface area contributed by atoms with Gasteiger partial charge in [-0.15, -0.1) is 0 Å². The van der Waals surface area contributed by atoms with Gasteiger partial charge in [-0.3, -0.25) is 0 Å². The Labute approximate surface area is 133 Å². The van der Waals surface area contributed by atoms with E-state index in [1.54, 1.807) is 6.07 Å². The average molecular weight is 312 g/mol. The van der Waals surface area contributed by atoms with E-state index in [2.05, 4.69) is 19.2 Å². The second-order valence-electron chi connectivity index (χ2n) is 7.01. The van der Waals surface area contributed by atoms with Gasteiger partial charge in [0.2, 0.25) is 0 Å². The van der Waals surface area contributed by atoms with Gasteiger partial charge in [0.15, 0.2) is 0 Å². The lowest BCUT2D eigenvalue weighted by Crippen LogP contribution is -2.39. The fraction of sp³-hybridized carbons (Fsp3) is 0.667. The van der Waals surface area contributed by atoms with Gasteiger partial charge in [-0.2, -0.15) is 0 Å². The fourth-order valence-corrected chi connectivity index (χ4v) is 3.63. The van der Waals surface area contributed by atoms with Crippen molar-refractivity contribution in [3.63, 3.8) is 0 Å². The molecule has 118 valence electrons. The van der Waals surface area contributed by atoms with E-state index in [1.165, 1.54) is 38.2 Å². The van der Waals surface area contributed by atoms with Crippen LogP contribution in [0.15, 0.2) is 18.2 Å². The molecule has 1 aliphatic rings. The van der Waals surface area contributed by atoms with Crippen LogP contribution < -0.4 is 5.32 Å². The Kier molecular flexibility index (Phi) is 6.07. The van der Waals surface area contributed by atoms with Gasteiger partial charge >= 0.3 is 0 Å². The number of halogens is 2. The highest BCUT2D eigenvalue weighted by molar-refractivity contribution is 6.30. The molecule has 0 bridgehead atoms. The summed E-state index contributed by atoms with van der Waals surface area (Å²) >= 11 is 5.93. The van der Waals surface area contributed by atoms with Crippen molar-refractivity contribution < 1.29 is 4.39 Å². The van der Waals surface area contributed by atoms with Crippen molar-refractivity contribution in [1.29, 1.82) is 0 Å². The van der Waals surface area contributed by atoms with Crippen molar-refractivity contribution in [2.45, 2.75) is 52.4 Å². The minimum atomic E-state index is -0.323. The monoisotopic (exact) mass is 311 g/mol. The lowest BCUT2D eigenvalue weighted by Gasteiger charge is -2.38. The summed E-state index contributed by atoms with van der Waals surface area (Å²) in [6.07, 6.45) is 7.46. The van der Waals surface area contributed by atoms with Gasteiger partial charge in [-0.1, -0.05) is 50.8 Å². The summed E-state index contributed by atoms with van der Waals surface area (Å²) in [6, 6.07) is 5.19. The van der Waals surface area contributed by atoms with Gasteiger partial charge in [0.05, 0.1) is 5.02 Å². The summed E-state index contributed by atoms with van der Waals surface area (Å²) in [5, 5.41) is 3.88. The van der Waals surface area contributed by atoms with E-state index >= 15 is 0 Å². The van der Waals surface area contributed by atoms with Crippen molar-refractivity contribution in [2.24, 2.45) is 11.3 Å². The van der Waals surface area contributed by atoms with E-state index in [0.29, 0.717) is 11.3 Å². The molecule has 21 heavy (non-hydrogen) atoms. The molecule has 1 fully saturated rings. The predicted octanol–water partition coefficient (Wildman–Crippen LogP) is 5.22. The smallest absolute Gasteiger partial charge is 0.141 e. The second kappa shape index (κ2) is 7.60. The molecule has 1 N–H and O–H groups in total. The van der Waals surface area contributed by atoms with E-state index < -0.39 is 0 Å². The number of benzene rings is 1. The van der Waals surface area contributed by atoms with E-state index in [0.717, 1.165) is 25.1 Å². The number of rotatable bonds is 6. The third kappa shape index (κ3) is 4.96. The third-order valence-corrected chi connectivity index (χ3v) is 4.82. The molecule has 0 heterocycles. The first-order chi connectivity index (χ1) is 10.0. The van der Waals surface area contributed by atoms with Crippen LogP contribution in [0.2, 0.25) is 5.02 Å². The maximum absolute atomic E-state index is 13.3. The first-order valence-electron chi connectivity index (χ1n) is 8.15. The summed E-state index contributed by atoms with van der Waals surface area (Å²) in [4.78, 5) is 0. The van der Waals surface area contributed by atoms with Crippen LogP contribution in [0.25, 0.3) is 0 Å². The molecule has 0 unspecified atom stereocenters. The molecule has 3 heteroatoms. The van der Waals surface area contributed by atoms with Gasteiger partial charge in [0.25, 0.3) is 0 Å². The van der Waals surface area contributed by atoms with Crippen molar-refractivity contribution in [2.75, 3.05) is 13.1 Å². The highest BCUT2D eigenvalue weighted by atomic mass is 35.5. The summed E-state index contributed by atoms with van der Waals surface area (Å²) in [5.74, 6) is 0.349. The standard InChI is InChI=1S/C18H27ClFN/c1-14(2)12-21-13-18(8-4-3-5-9-18)11-15-6-7-17(20)16(19)10-15/h6-7,10,14,21H,3-5,8-9,11-13H2,1-2H3. The van der Waals surface area contributed by atoms with Crippen molar-refractivity contribution >= 4 is 11.6 Å². The van der Waals surface area contributed by atoms with Crippen LogP contribution in [0.1, 0.15) is 51.5 Å². The van der Waals surface area contributed by atoms with Crippen LogP contribution in [-0.2, 0) is 6.42 Å². The van der Waals surface area contributed by atoms with Crippen LogP contribution in [0, 0.1) is 17.2 Å². The topological polar surface area (TPSA) is 12.0 Å². The minimum absolute atomic E-state index is 0.244. The van der Waals surface area contributed by atoms with E-state index in [1.807, 2.05) is 6.07 Å². The van der Waals surface area contributed by atoms with Crippen molar-refractivity contribution in [1.82, 2.24) is 5.32 Å². The quantitative estimate of drug-likeness (QED) is 0.759. The average Bonchev–Trinajstić information content (AvgIpc) is 2.43. The molecule has 1 nitrogen and oxygen atoms in total. The lowest BCUT2D eigenvalue weighted by atomic mass is 9.70. The Bertz CT molecular complexity index is 453. The molecule has 1 aliphatic carbocycles. The molecule has 1 aromatic carbocycles. The first-order valence-corrected chi connectivity index (χ1v) is 8.53. The lowest BCUT2D eigenvalue weighted by molar-refractivity contribution is 0.179. The van der Waals surface area contributed by atoms with Crippen LogP contribution in [0.3, 0.4) is 0 Å². The molecule has 1 aromatic rings. The van der Waals surface area contributed by atoms with Crippen LogP contribution in [0.4, 0.5) is 4.39 Å². The molecule has 1 saturated carbocycles. The third-order valence-electron chi connectivity index (χ3n) is 4.53. The van der Waals surface area contributed by atoms with Gasteiger partial charge in [-0.05, 0) is 54.8 Å². The highest BCUT2D eigenvalue weighted by Gasteiger charge is 2.32. The summed E-state index contributed by atoms with van der Waals surface area (Å²) in [7, 11) is 0. The van der Waals surface area contributed by atoms with Gasteiger partial charge in [0, 0.05) is 6.54 Å². The van der Waals surface area contributed by atoms with Crippen molar-refractivity contribution in [3.05, 3.63) is 34.6 Å². The Hall–Kier alpha value is -0.600. The largest absolute Gasteiger partial charge is 0.316 e. The molecule has 0 atom stereocenters. The summed E-state index contributed by atoms with van der Waals surface area (Å²) in [6.45, 7) is 6.59. The van der Waals surface area contributed by atoms with E-state index in [-0.39, 0.29) is 10.8 Å². The van der Waals surface area contributed by atoms with Crippen LogP contribution in [-0.4, -0.2) is 13.1 Å². The number of nitrogens with one attached hydrogen (secondary N) is 1. The zero-order valence-electron chi connectivity index (χ0n) is 13.2. The zero-order chi connectivity index (χ0) is 15.3. The minimum Gasteiger partial charge on any atom is -0.316 e. The molecule has 0 saturated heterocycles. The SMILES string of the molecule is CC(C)CNCC1(Cc2ccc(F)c(Cl)c2)CCCCC1. The van der Waals surface area contributed by atoms with E-state index in [9.17, 15) is 4.39 Å². The Morgan fingerprint density at radius 3 is 2.57 bits per heavy atom. The fourth-order valence-electron chi connectivity index (χ4n) is 3.43. The van der Waals surface area contributed by atoms with Crippen LogP contribution >= 0.6 is 11.6 Å². The molecular weight excluding hydrogens is 285 g/mol. The van der Waals surface area contributed by atoms with Gasteiger partial charge in [-0.25, -0.2) is 4.39 Å². The normalized spacial score (nSPS) is 18.1. The van der Waals surface area contributed by atoms with Gasteiger partial charge < -0.3 is 5.32 Å². The maximum atomic E-state index is 13.3. The summed E-state index contributed by atoms with van der Waals surface area (Å²) in [5.41, 5.74) is 1.48. The molecule has 0 spiro atoms. The number of hydrogen-bond donors (Lipinski definition) is 1. The Morgan fingerprint density at radius 2 is 1.95 bits per heavy atom. The van der Waals surface area contributed by atoms with E-state index in [4.69, 9.17) is 11.6 Å².